The van der Waals surface area contributed by atoms with Crippen LogP contribution in [0.3, 0.4) is 0 Å². The molecular formula is C21H21N3O4. The lowest BCUT2D eigenvalue weighted by molar-refractivity contribution is 0.0600. The van der Waals surface area contributed by atoms with Crippen LogP contribution < -0.4 is 14.8 Å². The molecule has 0 spiro atoms. The van der Waals surface area contributed by atoms with Crippen LogP contribution in [0, 0.1) is 6.92 Å². The number of carbonyl (C=O) groups is 1. The van der Waals surface area contributed by atoms with Gasteiger partial charge in [0.05, 0.1) is 32.7 Å². The molecule has 1 N–H and O–H groups in total. The highest BCUT2D eigenvalue weighted by Gasteiger charge is 2.20. The van der Waals surface area contributed by atoms with Crippen molar-refractivity contribution in [2.45, 2.75) is 6.92 Å². The maximum atomic E-state index is 12.3. The van der Waals surface area contributed by atoms with Crippen LogP contribution >= 0.6 is 0 Å². The van der Waals surface area contributed by atoms with Crippen LogP contribution in [-0.4, -0.2) is 37.3 Å². The molecule has 3 aromatic rings. The molecule has 3 rings (SSSR count). The van der Waals surface area contributed by atoms with Crippen LogP contribution in [0.4, 0.5) is 11.6 Å². The van der Waals surface area contributed by atoms with E-state index in [4.69, 9.17) is 14.2 Å². The van der Waals surface area contributed by atoms with Crippen molar-refractivity contribution < 1.29 is 19.0 Å². The third kappa shape index (κ3) is 3.88. The number of anilines is 2. The minimum absolute atomic E-state index is 0.339. The lowest BCUT2D eigenvalue weighted by Crippen LogP contribution is -2.11. The molecule has 144 valence electrons. The van der Waals surface area contributed by atoms with E-state index in [0.29, 0.717) is 34.4 Å². The Bertz CT molecular complexity index is 990. The monoisotopic (exact) mass is 379 g/mol. The summed E-state index contributed by atoms with van der Waals surface area (Å²) in [4.78, 5) is 21.3. The molecular weight excluding hydrogens is 358 g/mol. The molecule has 0 unspecified atom stereocenters. The molecule has 0 aliphatic rings. The summed E-state index contributed by atoms with van der Waals surface area (Å²) >= 11 is 0. The molecule has 0 fully saturated rings. The summed E-state index contributed by atoms with van der Waals surface area (Å²) in [5.41, 5.74) is 2.88. The zero-order valence-electron chi connectivity index (χ0n) is 16.1. The zero-order valence-corrected chi connectivity index (χ0v) is 16.1. The number of esters is 1. The quantitative estimate of drug-likeness (QED) is 0.648. The first kappa shape index (κ1) is 19.2. The van der Waals surface area contributed by atoms with E-state index < -0.39 is 5.97 Å². The minimum Gasteiger partial charge on any atom is -0.493 e. The molecule has 0 aliphatic carbocycles. The predicted octanol–water partition coefficient (Wildman–Crippen LogP) is 4.00. The van der Waals surface area contributed by atoms with Crippen molar-refractivity contribution in [1.82, 2.24) is 9.97 Å². The second-order valence-electron chi connectivity index (χ2n) is 5.91. The van der Waals surface area contributed by atoms with Gasteiger partial charge in [-0.3, -0.25) is 0 Å². The van der Waals surface area contributed by atoms with E-state index in [1.54, 1.807) is 33.3 Å². The van der Waals surface area contributed by atoms with Crippen molar-refractivity contribution in [1.29, 1.82) is 0 Å². The Morgan fingerprint density at radius 1 is 0.929 bits per heavy atom. The van der Waals surface area contributed by atoms with Gasteiger partial charge in [-0.2, -0.15) is 0 Å². The average Bonchev–Trinajstić information content (AvgIpc) is 2.73. The highest BCUT2D eigenvalue weighted by molar-refractivity contribution is 5.97. The first-order valence-corrected chi connectivity index (χ1v) is 8.58. The summed E-state index contributed by atoms with van der Waals surface area (Å²) in [6.07, 6.45) is 0. The SMILES string of the molecule is COC(=O)c1c(C)nc(Nc2ccc(OC)c(OC)c2)nc1-c1ccccc1. The highest BCUT2D eigenvalue weighted by atomic mass is 16.5. The standard InChI is InChI=1S/C21H21N3O4/c1-13-18(20(25)28-4)19(14-8-6-5-7-9-14)24-21(22-13)23-15-10-11-16(26-2)17(12-15)27-3/h5-12H,1-4H3,(H,22,23,24). The van der Waals surface area contributed by atoms with Gasteiger partial charge in [-0.25, -0.2) is 14.8 Å². The first-order valence-electron chi connectivity index (χ1n) is 8.58. The number of nitrogens with one attached hydrogen (secondary N) is 1. The summed E-state index contributed by atoms with van der Waals surface area (Å²) in [6.45, 7) is 1.75. The number of hydrogen-bond acceptors (Lipinski definition) is 7. The van der Waals surface area contributed by atoms with Gasteiger partial charge in [-0.15, -0.1) is 0 Å². The van der Waals surface area contributed by atoms with Gasteiger partial charge in [0, 0.05) is 17.3 Å². The molecule has 0 aliphatic heterocycles. The first-order chi connectivity index (χ1) is 13.6. The Hall–Kier alpha value is -3.61. The molecule has 7 nitrogen and oxygen atoms in total. The average molecular weight is 379 g/mol. The number of methoxy groups -OCH3 is 3. The van der Waals surface area contributed by atoms with Gasteiger partial charge in [-0.1, -0.05) is 30.3 Å². The zero-order chi connectivity index (χ0) is 20.1. The van der Waals surface area contributed by atoms with Crippen LogP contribution in [0.5, 0.6) is 11.5 Å². The molecule has 0 atom stereocenters. The molecule has 2 aromatic carbocycles. The Kier molecular flexibility index (Phi) is 5.74. The molecule has 0 bridgehead atoms. The van der Waals surface area contributed by atoms with Crippen molar-refractivity contribution >= 4 is 17.6 Å². The van der Waals surface area contributed by atoms with Crippen molar-refractivity contribution in [3.05, 3.63) is 59.8 Å². The summed E-state index contributed by atoms with van der Waals surface area (Å²) in [5.74, 6) is 1.08. The Morgan fingerprint density at radius 2 is 1.64 bits per heavy atom. The van der Waals surface area contributed by atoms with Crippen LogP contribution in [0.25, 0.3) is 11.3 Å². The molecule has 1 aromatic heterocycles. The van der Waals surface area contributed by atoms with Crippen molar-refractivity contribution in [2.75, 3.05) is 26.6 Å². The molecule has 1 heterocycles. The van der Waals surface area contributed by atoms with E-state index in [0.717, 1.165) is 11.3 Å². The Balaban J connectivity index is 2.06. The van der Waals surface area contributed by atoms with Gasteiger partial charge in [0.25, 0.3) is 0 Å². The number of ether oxygens (including phenoxy) is 3. The van der Waals surface area contributed by atoms with Gasteiger partial charge in [0.1, 0.15) is 5.56 Å². The number of rotatable bonds is 6. The number of benzene rings is 2. The lowest BCUT2D eigenvalue weighted by Gasteiger charge is -2.14. The third-order valence-corrected chi connectivity index (χ3v) is 4.17. The van der Waals surface area contributed by atoms with E-state index >= 15 is 0 Å². The number of nitrogens with zero attached hydrogens (tertiary/aromatic N) is 2. The summed E-state index contributed by atoms with van der Waals surface area (Å²) in [5, 5.41) is 3.16. The summed E-state index contributed by atoms with van der Waals surface area (Å²) < 4.78 is 15.5. The van der Waals surface area contributed by atoms with Crippen LogP contribution in [0.15, 0.2) is 48.5 Å². The van der Waals surface area contributed by atoms with Crippen LogP contribution in [-0.2, 0) is 4.74 Å². The fourth-order valence-electron chi connectivity index (χ4n) is 2.82. The lowest BCUT2D eigenvalue weighted by atomic mass is 10.0. The molecule has 0 radical (unpaired) electrons. The van der Waals surface area contributed by atoms with Gasteiger partial charge < -0.3 is 19.5 Å². The Morgan fingerprint density at radius 3 is 2.29 bits per heavy atom. The van der Waals surface area contributed by atoms with Gasteiger partial charge in [0.2, 0.25) is 5.95 Å². The van der Waals surface area contributed by atoms with Crippen molar-refractivity contribution in [3.63, 3.8) is 0 Å². The van der Waals surface area contributed by atoms with E-state index in [1.165, 1.54) is 7.11 Å². The topological polar surface area (TPSA) is 82.6 Å². The molecule has 0 saturated carbocycles. The molecule has 0 saturated heterocycles. The fraction of sp³-hybridized carbons (Fsp3) is 0.190. The van der Waals surface area contributed by atoms with E-state index in [2.05, 4.69) is 15.3 Å². The normalized spacial score (nSPS) is 10.3. The molecule has 28 heavy (non-hydrogen) atoms. The van der Waals surface area contributed by atoms with Crippen molar-refractivity contribution in [3.8, 4) is 22.8 Å². The largest absolute Gasteiger partial charge is 0.493 e. The third-order valence-electron chi connectivity index (χ3n) is 4.17. The number of carbonyl (C=O) groups excluding carboxylic acids is 1. The minimum atomic E-state index is -0.478. The van der Waals surface area contributed by atoms with E-state index in [1.807, 2.05) is 36.4 Å². The fourth-order valence-corrected chi connectivity index (χ4v) is 2.82. The molecule has 0 amide bonds. The number of aromatic nitrogens is 2. The Labute approximate surface area is 163 Å². The maximum absolute atomic E-state index is 12.3. The second-order valence-corrected chi connectivity index (χ2v) is 5.91. The molecule has 7 heteroatoms. The summed E-state index contributed by atoms with van der Waals surface area (Å²) in [6, 6.07) is 14.8. The number of hydrogen-bond donors (Lipinski definition) is 1. The van der Waals surface area contributed by atoms with Gasteiger partial charge in [0.15, 0.2) is 11.5 Å². The smallest absolute Gasteiger partial charge is 0.341 e. The van der Waals surface area contributed by atoms with E-state index in [-0.39, 0.29) is 0 Å². The van der Waals surface area contributed by atoms with Gasteiger partial charge in [-0.05, 0) is 19.1 Å². The van der Waals surface area contributed by atoms with Crippen molar-refractivity contribution in [2.24, 2.45) is 0 Å². The highest BCUT2D eigenvalue weighted by Crippen LogP contribution is 2.31. The van der Waals surface area contributed by atoms with E-state index in [9.17, 15) is 4.79 Å². The van der Waals surface area contributed by atoms with Gasteiger partial charge >= 0.3 is 5.97 Å². The summed E-state index contributed by atoms with van der Waals surface area (Å²) in [7, 11) is 4.49. The number of aryl methyl sites for hydroxylation is 1. The second kappa shape index (κ2) is 8.39. The maximum Gasteiger partial charge on any atom is 0.341 e. The predicted molar refractivity (Wildman–Crippen MR) is 106 cm³/mol. The van der Waals surface area contributed by atoms with Crippen LogP contribution in [0.1, 0.15) is 16.1 Å². The van der Waals surface area contributed by atoms with Crippen LogP contribution in [0.2, 0.25) is 0 Å².